The molecule has 2 atom stereocenters. The second kappa shape index (κ2) is 7.92. The fraction of sp³-hybridized carbons (Fsp3) is 0.280. The molecular weight excluding hydrogens is 374 g/mol. The number of fused-ring (bicyclic) bond motifs is 3. The van der Waals surface area contributed by atoms with E-state index in [1.54, 1.807) is 6.20 Å². The van der Waals surface area contributed by atoms with Crippen LogP contribution in [0, 0.1) is 6.92 Å². The van der Waals surface area contributed by atoms with Crippen molar-refractivity contribution in [1.82, 2.24) is 9.88 Å². The van der Waals surface area contributed by atoms with Crippen molar-refractivity contribution >= 4 is 11.6 Å². The van der Waals surface area contributed by atoms with Crippen LogP contribution in [0.2, 0.25) is 0 Å². The van der Waals surface area contributed by atoms with Crippen LogP contribution in [0.3, 0.4) is 0 Å². The van der Waals surface area contributed by atoms with Crippen molar-refractivity contribution in [3.8, 4) is 5.75 Å². The number of aromatic nitrogens is 1. The summed E-state index contributed by atoms with van der Waals surface area (Å²) in [6.07, 6.45) is 4.30. The quantitative estimate of drug-likeness (QED) is 0.666. The molecule has 1 aromatic heterocycles. The monoisotopic (exact) mass is 399 g/mol. The Morgan fingerprint density at radius 1 is 1.03 bits per heavy atom. The van der Waals surface area contributed by atoms with Crippen LogP contribution in [0.15, 0.2) is 73.1 Å². The van der Waals surface area contributed by atoms with Crippen LogP contribution in [-0.4, -0.2) is 34.5 Å². The molecule has 3 heterocycles. The maximum atomic E-state index is 13.8. The average Bonchev–Trinajstić information content (AvgIpc) is 3.17. The molecule has 5 nitrogen and oxygen atoms in total. The number of amides is 1. The van der Waals surface area contributed by atoms with Crippen LogP contribution in [0.5, 0.6) is 5.75 Å². The molecule has 1 amide bonds. The summed E-state index contributed by atoms with van der Waals surface area (Å²) in [4.78, 5) is 22.2. The van der Waals surface area contributed by atoms with E-state index in [1.807, 2.05) is 47.5 Å². The van der Waals surface area contributed by atoms with Gasteiger partial charge in [-0.25, -0.2) is 0 Å². The van der Waals surface area contributed by atoms with Gasteiger partial charge in [-0.1, -0.05) is 42.5 Å². The topological polar surface area (TPSA) is 45.7 Å². The van der Waals surface area contributed by atoms with Crippen LogP contribution < -0.4 is 9.64 Å². The molecule has 2 bridgehead atoms. The van der Waals surface area contributed by atoms with Crippen LogP contribution >= 0.6 is 0 Å². The Hall–Kier alpha value is -3.18. The van der Waals surface area contributed by atoms with Crippen molar-refractivity contribution in [3.63, 3.8) is 0 Å². The van der Waals surface area contributed by atoms with Gasteiger partial charge in [0.25, 0.3) is 0 Å². The minimum Gasteiger partial charge on any atom is -0.487 e. The number of pyridine rings is 1. The number of likely N-dealkylation sites (tertiary alicyclic amines) is 1. The number of carbonyl (C=O) groups excluding carboxylic acids is 1. The molecule has 0 spiro atoms. The van der Waals surface area contributed by atoms with Crippen LogP contribution in [0.25, 0.3) is 0 Å². The molecule has 0 saturated carbocycles. The largest absolute Gasteiger partial charge is 0.487 e. The molecule has 30 heavy (non-hydrogen) atoms. The highest BCUT2D eigenvalue weighted by Crippen LogP contribution is 2.37. The summed E-state index contributed by atoms with van der Waals surface area (Å²) in [7, 11) is 0. The highest BCUT2D eigenvalue weighted by atomic mass is 16.5. The lowest BCUT2D eigenvalue weighted by Gasteiger charge is -2.32. The smallest absolute Gasteiger partial charge is 0.244 e. The Morgan fingerprint density at radius 2 is 1.87 bits per heavy atom. The molecule has 0 N–H and O–H groups in total. The lowest BCUT2D eigenvalue weighted by atomic mass is 10.1. The van der Waals surface area contributed by atoms with Crippen LogP contribution in [0.1, 0.15) is 23.1 Å². The second-order valence-corrected chi connectivity index (χ2v) is 8.10. The van der Waals surface area contributed by atoms with Gasteiger partial charge in [0, 0.05) is 31.9 Å². The van der Waals surface area contributed by atoms with Gasteiger partial charge < -0.3 is 9.64 Å². The van der Waals surface area contributed by atoms with Gasteiger partial charge in [0.1, 0.15) is 11.9 Å². The molecular formula is C25H25N3O2. The molecule has 5 rings (SSSR count). The molecule has 5 heteroatoms. The number of rotatable bonds is 4. The van der Waals surface area contributed by atoms with Crippen LogP contribution in [-0.2, 0) is 17.9 Å². The third-order valence-electron chi connectivity index (χ3n) is 6.06. The Morgan fingerprint density at radius 3 is 2.70 bits per heavy atom. The minimum atomic E-state index is -0.195. The molecule has 1 fully saturated rings. The molecule has 2 aliphatic rings. The average molecular weight is 399 g/mol. The summed E-state index contributed by atoms with van der Waals surface area (Å²) in [5.74, 6) is 0.904. The van der Waals surface area contributed by atoms with Crippen LogP contribution in [0.4, 0.5) is 5.69 Å². The zero-order valence-electron chi connectivity index (χ0n) is 17.1. The Kier molecular flexibility index (Phi) is 4.97. The summed E-state index contributed by atoms with van der Waals surface area (Å²) in [5, 5.41) is 0. The number of nitrogens with zero attached hydrogens (tertiary/aromatic N) is 3. The first kappa shape index (κ1) is 18.8. The number of para-hydroxylation sites is 2. The molecule has 152 valence electrons. The van der Waals surface area contributed by atoms with Gasteiger partial charge in [-0.15, -0.1) is 0 Å². The van der Waals surface area contributed by atoms with Gasteiger partial charge in [0.2, 0.25) is 5.91 Å². The predicted octanol–water partition coefficient (Wildman–Crippen LogP) is 3.96. The van der Waals surface area contributed by atoms with E-state index in [9.17, 15) is 4.79 Å². The summed E-state index contributed by atoms with van der Waals surface area (Å²) in [6.45, 7) is 4.10. The van der Waals surface area contributed by atoms with E-state index in [0.29, 0.717) is 13.0 Å². The molecule has 0 aliphatic carbocycles. The van der Waals surface area contributed by atoms with Crippen molar-refractivity contribution in [2.75, 3.05) is 11.4 Å². The summed E-state index contributed by atoms with van der Waals surface area (Å²) >= 11 is 0. The molecule has 2 aromatic carbocycles. The van der Waals surface area contributed by atoms with Crippen molar-refractivity contribution in [2.24, 2.45) is 0 Å². The van der Waals surface area contributed by atoms with Gasteiger partial charge in [-0.3, -0.25) is 14.7 Å². The SMILES string of the molecule is Cc1ccccc1CN1C[C@@H]2C[C@H]1C(=O)N(Cc1cccnc1)c1ccccc1O2. The maximum absolute atomic E-state index is 13.8. The van der Waals surface area contributed by atoms with Crippen molar-refractivity contribution < 1.29 is 9.53 Å². The van der Waals surface area contributed by atoms with Gasteiger partial charge in [0.15, 0.2) is 0 Å². The lowest BCUT2D eigenvalue weighted by Crippen LogP contribution is -2.45. The number of hydrogen-bond donors (Lipinski definition) is 0. The first-order valence-electron chi connectivity index (χ1n) is 10.4. The third kappa shape index (κ3) is 3.57. The van der Waals surface area contributed by atoms with E-state index in [1.165, 1.54) is 11.1 Å². The Labute approximate surface area is 176 Å². The summed E-state index contributed by atoms with van der Waals surface area (Å²) < 4.78 is 6.39. The number of benzene rings is 2. The number of hydrogen-bond acceptors (Lipinski definition) is 4. The Balaban J connectivity index is 1.50. The molecule has 0 radical (unpaired) electrons. The number of aryl methyl sites for hydroxylation is 1. The van der Waals surface area contributed by atoms with Gasteiger partial charge in [-0.05, 0) is 41.8 Å². The highest BCUT2D eigenvalue weighted by Gasteiger charge is 2.42. The van der Waals surface area contributed by atoms with E-state index in [4.69, 9.17) is 4.74 Å². The molecule has 1 saturated heterocycles. The van der Waals surface area contributed by atoms with Gasteiger partial charge in [-0.2, -0.15) is 0 Å². The van der Waals surface area contributed by atoms with E-state index >= 15 is 0 Å². The molecule has 0 unspecified atom stereocenters. The first-order valence-corrected chi connectivity index (χ1v) is 10.4. The van der Waals surface area contributed by atoms with Crippen molar-refractivity contribution in [3.05, 3.63) is 89.7 Å². The summed E-state index contributed by atoms with van der Waals surface area (Å²) in [6, 6.07) is 20.0. The van der Waals surface area contributed by atoms with Gasteiger partial charge in [0.05, 0.1) is 18.3 Å². The zero-order chi connectivity index (χ0) is 20.5. The van der Waals surface area contributed by atoms with Crippen molar-refractivity contribution in [1.29, 1.82) is 0 Å². The summed E-state index contributed by atoms with van der Waals surface area (Å²) in [5.41, 5.74) is 4.34. The maximum Gasteiger partial charge on any atom is 0.244 e. The lowest BCUT2D eigenvalue weighted by molar-refractivity contribution is -0.123. The first-order chi connectivity index (χ1) is 14.7. The number of anilines is 1. The highest BCUT2D eigenvalue weighted by molar-refractivity contribution is 5.99. The molecule has 2 aliphatic heterocycles. The van der Waals surface area contributed by atoms with Gasteiger partial charge >= 0.3 is 0 Å². The Bertz CT molecular complexity index is 1050. The third-order valence-corrected chi connectivity index (χ3v) is 6.06. The normalized spacial score (nSPS) is 21.0. The van der Waals surface area contributed by atoms with E-state index < -0.39 is 0 Å². The fourth-order valence-corrected chi connectivity index (χ4v) is 4.48. The minimum absolute atomic E-state index is 0.0182. The fourth-order valence-electron chi connectivity index (χ4n) is 4.48. The second-order valence-electron chi connectivity index (χ2n) is 8.10. The number of ether oxygens (including phenoxy) is 1. The zero-order valence-corrected chi connectivity index (χ0v) is 17.1. The number of carbonyl (C=O) groups is 1. The van der Waals surface area contributed by atoms with E-state index in [2.05, 4.69) is 41.1 Å². The van der Waals surface area contributed by atoms with Crippen molar-refractivity contribution in [2.45, 2.75) is 38.6 Å². The standard InChI is InChI=1S/C25H25N3O2/c1-18-7-2-3-9-20(18)16-27-17-21-13-23(27)25(29)28(15-19-8-6-12-26-14-19)22-10-4-5-11-24(22)30-21/h2-12,14,21,23H,13,15-17H2,1H3/t21-,23-/m0/s1. The van der Waals surface area contributed by atoms with E-state index in [-0.39, 0.29) is 18.1 Å². The molecule has 3 aromatic rings. The van der Waals surface area contributed by atoms with E-state index in [0.717, 1.165) is 30.1 Å². The predicted molar refractivity (Wildman–Crippen MR) is 116 cm³/mol.